The zero-order chi connectivity index (χ0) is 85.1. The minimum absolute atomic E-state index is 0.0831. The molecule has 0 aliphatic carbocycles. The fraction of sp³-hybridized carbons (Fsp3) is 0.667. The van der Waals surface area contributed by atoms with Gasteiger partial charge in [-0.2, -0.15) is 0 Å². The Bertz CT molecular complexity index is 2860. The number of ether oxygens (including phenoxy) is 3. The normalized spacial score (nSPS) is 14.6. The van der Waals surface area contributed by atoms with Crippen LogP contribution >= 0.6 is 15.6 Å². The number of hydrogen-bond acceptors (Lipinski definition) is 14. The van der Waals surface area contributed by atoms with Crippen LogP contribution in [0, 0.1) is 0 Å². The van der Waals surface area contributed by atoms with E-state index in [1.54, 1.807) is 0 Å². The van der Waals surface area contributed by atoms with E-state index < -0.39 is 91.5 Å². The number of carbonyl (C=O) groups excluding carboxylic acids is 3. The first kappa shape index (κ1) is 112. The number of unbranched alkanes of at least 4 members (excludes halogenated alkanes) is 33. The Hall–Kier alpha value is -5.35. The lowest BCUT2D eigenvalue weighted by atomic mass is 10.0. The number of carbonyl (C=O) groups is 3. The lowest BCUT2D eigenvalue weighted by Crippen LogP contribution is -2.30. The van der Waals surface area contributed by atoms with Crippen molar-refractivity contribution < 1.29 is 75.8 Å². The molecule has 0 spiro atoms. The molecule has 0 aromatic heterocycles. The highest BCUT2D eigenvalue weighted by molar-refractivity contribution is 7.47. The highest BCUT2D eigenvalue weighted by Gasteiger charge is 2.29. The number of rotatable bonds is 86. The molecule has 0 saturated carbocycles. The average molecular weight is 1670 g/mol. The molecule has 117 heavy (non-hydrogen) atoms. The lowest BCUT2D eigenvalue weighted by Gasteiger charge is -2.21. The van der Waals surface area contributed by atoms with Gasteiger partial charge < -0.3 is 34.2 Å². The van der Waals surface area contributed by atoms with Crippen molar-refractivity contribution in [3.8, 4) is 0 Å². The summed E-state index contributed by atoms with van der Waals surface area (Å²) in [5.41, 5.74) is 0. The molecule has 0 aliphatic rings. The topological polar surface area (TPSA) is 231 Å². The Labute approximate surface area is 713 Å². The predicted molar refractivity (Wildman–Crippen MR) is 491 cm³/mol. The van der Waals surface area contributed by atoms with Gasteiger partial charge in [0.25, 0.3) is 0 Å². The first-order valence-corrected chi connectivity index (χ1v) is 49.1. The van der Waals surface area contributed by atoms with E-state index in [0.29, 0.717) is 19.3 Å². The highest BCUT2D eigenvalue weighted by Crippen LogP contribution is 2.45. The molecule has 0 aliphatic heterocycles. The van der Waals surface area contributed by atoms with Gasteiger partial charge in [0.15, 0.2) is 6.10 Å². The average Bonchev–Trinajstić information content (AvgIpc) is 0.904. The summed E-state index contributed by atoms with van der Waals surface area (Å²) in [7, 11) is -9.82. The summed E-state index contributed by atoms with van der Waals surface area (Å²) in [6.45, 7) is 2.35. The third-order valence-electron chi connectivity index (χ3n) is 19.1. The van der Waals surface area contributed by atoms with Gasteiger partial charge >= 0.3 is 33.6 Å². The molecule has 0 radical (unpaired) electrons. The molecule has 0 heterocycles. The van der Waals surface area contributed by atoms with Crippen LogP contribution in [-0.2, 0) is 55.8 Å². The maximum atomic E-state index is 13.1. The fourth-order valence-corrected chi connectivity index (χ4v) is 13.8. The Morgan fingerprint density at radius 1 is 0.239 bits per heavy atom. The van der Waals surface area contributed by atoms with Gasteiger partial charge in [-0.3, -0.25) is 32.5 Å². The Morgan fingerprint density at radius 3 is 0.675 bits per heavy atom. The summed E-state index contributed by atoms with van der Waals surface area (Å²) in [5.74, 6) is -1.60. The second-order valence-corrected chi connectivity index (χ2v) is 33.2. The lowest BCUT2D eigenvalue weighted by molar-refractivity contribution is -0.161. The maximum absolute atomic E-state index is 13.1. The summed E-state index contributed by atoms with van der Waals surface area (Å²) in [6.07, 6.45) is 118. The maximum Gasteiger partial charge on any atom is 0.472 e. The van der Waals surface area contributed by atoms with Crippen molar-refractivity contribution in [1.82, 2.24) is 0 Å². The zero-order valence-corrected chi connectivity index (χ0v) is 75.4. The highest BCUT2D eigenvalue weighted by atomic mass is 31.2. The van der Waals surface area contributed by atoms with E-state index in [1.165, 1.54) is 103 Å². The molecule has 0 rings (SSSR count). The number of phosphoric ester groups is 2. The third kappa shape index (κ3) is 91.2. The Balaban J connectivity index is 4.55. The van der Waals surface area contributed by atoms with E-state index in [9.17, 15) is 43.5 Å². The molecule has 0 saturated heterocycles. The van der Waals surface area contributed by atoms with Crippen molar-refractivity contribution in [2.24, 2.45) is 0 Å². The van der Waals surface area contributed by atoms with Gasteiger partial charge in [-0.1, -0.05) is 376 Å². The number of phosphoric acid groups is 2. The number of allylic oxidation sites excluding steroid dienone is 30. The molecule has 0 aromatic carbocycles. The standard InChI is InChI=1S/C99H166O16P2/c1-4-7-10-13-16-19-22-25-28-31-34-37-40-41-42-43-44-45-46-47-48-49-50-51-54-56-58-61-64-67-70-73-76-79-82-85-97(102)109-88-94(100)89-111-116(105,106)112-90-95(101)91-113-117(107,108)114-93-96(115-99(104)87-84-81-78-75-72-69-66-63-60-57-53-39-36-33-30-27-24-21-18-15-12-9-6-3)92-110-98(103)86-83-80-77-74-71-68-65-62-59-55-52-38-35-32-29-26-23-20-17-14-11-8-5-2/h7-12,16-21,25-30,34-39,41-42,55,57,59-60,94-96,100-101H,4-6,13-15,22-24,31-33,40,43-54,56,58,61-93H2,1-3H3,(H,105,106)(H,107,108)/b10-7-,11-8-,12-9-,19-16-,20-17-,21-18-,28-25-,29-26-,30-27-,37-34-,38-35-,39-36-,42-41-,59-55-,60-57-. The van der Waals surface area contributed by atoms with E-state index >= 15 is 0 Å². The van der Waals surface area contributed by atoms with Crippen molar-refractivity contribution >= 4 is 33.6 Å². The molecule has 0 fully saturated rings. The largest absolute Gasteiger partial charge is 0.472 e. The summed E-state index contributed by atoms with van der Waals surface area (Å²) >= 11 is 0. The minimum Gasteiger partial charge on any atom is -0.463 e. The molecular formula is C99H166O16P2. The molecule has 0 amide bonds. The van der Waals surface area contributed by atoms with Gasteiger partial charge in [0.05, 0.1) is 26.4 Å². The SMILES string of the molecule is CC/C=C\C/C=C\C/C=C\C/C=C\C/C=C\CCCCCCCCCCCCCCCCCCCCCC(=O)OCC(O)COP(=O)(O)OCC(O)COP(=O)(O)OCC(COC(=O)CCCCCCCCC/C=C\C/C=C\C/C=C\C/C=C\C/C=C\CC)OC(=O)CCCCCCCCC/C=C\C/C=C\C/C=C\C/C=C\C/C=C\CC. The van der Waals surface area contributed by atoms with E-state index in [2.05, 4.69) is 203 Å². The van der Waals surface area contributed by atoms with Crippen LogP contribution in [0.1, 0.15) is 367 Å². The minimum atomic E-state index is -4.95. The predicted octanol–water partition coefficient (Wildman–Crippen LogP) is 28.4. The molecule has 668 valence electrons. The van der Waals surface area contributed by atoms with Crippen LogP contribution in [-0.4, -0.2) is 95.9 Å². The fourth-order valence-electron chi connectivity index (χ4n) is 12.2. The monoisotopic (exact) mass is 1670 g/mol. The van der Waals surface area contributed by atoms with Crippen LogP contribution in [0.4, 0.5) is 0 Å². The number of aliphatic hydroxyl groups is 2. The van der Waals surface area contributed by atoms with Crippen molar-refractivity contribution in [2.45, 2.75) is 386 Å². The zero-order valence-electron chi connectivity index (χ0n) is 73.6. The third-order valence-corrected chi connectivity index (χ3v) is 21.0. The van der Waals surface area contributed by atoms with Gasteiger partial charge in [-0.05, 0) is 154 Å². The van der Waals surface area contributed by atoms with Crippen LogP contribution < -0.4 is 0 Å². The van der Waals surface area contributed by atoms with Crippen molar-refractivity contribution in [2.75, 3.05) is 39.6 Å². The summed E-state index contributed by atoms with van der Waals surface area (Å²) in [6, 6.07) is 0. The van der Waals surface area contributed by atoms with Gasteiger partial charge in [-0.15, -0.1) is 0 Å². The second kappa shape index (κ2) is 89.9. The Kier molecular flexibility index (Phi) is 85.8. The van der Waals surface area contributed by atoms with Crippen LogP contribution in [0.25, 0.3) is 0 Å². The van der Waals surface area contributed by atoms with Gasteiger partial charge in [0.2, 0.25) is 0 Å². The van der Waals surface area contributed by atoms with Crippen molar-refractivity contribution in [1.29, 1.82) is 0 Å². The van der Waals surface area contributed by atoms with E-state index in [0.717, 1.165) is 205 Å². The van der Waals surface area contributed by atoms with E-state index in [1.807, 2.05) is 0 Å². The molecule has 18 heteroatoms. The summed E-state index contributed by atoms with van der Waals surface area (Å²) in [4.78, 5) is 59.0. The van der Waals surface area contributed by atoms with E-state index in [4.69, 9.17) is 32.3 Å². The number of esters is 3. The Morgan fingerprint density at radius 2 is 0.427 bits per heavy atom. The van der Waals surface area contributed by atoms with Crippen LogP contribution in [0.3, 0.4) is 0 Å². The molecule has 5 unspecified atom stereocenters. The number of aliphatic hydroxyl groups excluding tert-OH is 2. The molecule has 0 bridgehead atoms. The molecule has 4 N–H and O–H groups in total. The molecule has 5 atom stereocenters. The second-order valence-electron chi connectivity index (χ2n) is 30.3. The van der Waals surface area contributed by atoms with Crippen molar-refractivity contribution in [3.05, 3.63) is 182 Å². The summed E-state index contributed by atoms with van der Waals surface area (Å²) in [5, 5.41) is 20.7. The number of hydrogen-bond donors (Lipinski definition) is 4. The summed E-state index contributed by atoms with van der Waals surface area (Å²) < 4.78 is 61.5. The van der Waals surface area contributed by atoms with Crippen LogP contribution in [0.2, 0.25) is 0 Å². The van der Waals surface area contributed by atoms with E-state index in [-0.39, 0.29) is 19.3 Å². The van der Waals surface area contributed by atoms with Gasteiger partial charge in [-0.25, -0.2) is 9.13 Å². The molecule has 0 aromatic rings. The van der Waals surface area contributed by atoms with Gasteiger partial charge in [0.1, 0.15) is 25.4 Å². The first-order valence-electron chi connectivity index (χ1n) is 46.1. The quantitative estimate of drug-likeness (QED) is 0.0146. The smallest absolute Gasteiger partial charge is 0.463 e. The molecular weight excluding hydrogens is 1510 g/mol. The molecule has 16 nitrogen and oxygen atoms in total. The van der Waals surface area contributed by atoms with Crippen LogP contribution in [0.15, 0.2) is 182 Å². The van der Waals surface area contributed by atoms with Gasteiger partial charge in [0, 0.05) is 19.3 Å². The van der Waals surface area contributed by atoms with Crippen LogP contribution in [0.5, 0.6) is 0 Å². The first-order chi connectivity index (χ1) is 57.2. The van der Waals surface area contributed by atoms with Crippen molar-refractivity contribution in [3.63, 3.8) is 0 Å².